The van der Waals surface area contributed by atoms with Crippen molar-refractivity contribution >= 4 is 23.1 Å². The lowest BCUT2D eigenvalue weighted by Gasteiger charge is -2.44. The summed E-state index contributed by atoms with van der Waals surface area (Å²) >= 11 is 0. The first-order valence-electron chi connectivity index (χ1n) is 15.7. The van der Waals surface area contributed by atoms with Gasteiger partial charge in [0.2, 0.25) is 5.95 Å². The van der Waals surface area contributed by atoms with Crippen LogP contribution in [0.15, 0.2) is 95.6 Å². The first kappa shape index (κ1) is 33.2. The number of carbonyl (C=O) groups excluding carboxylic acids is 1. The minimum absolute atomic E-state index is 0.0230. The molecular weight excluding hydrogens is 618 g/mol. The summed E-state index contributed by atoms with van der Waals surface area (Å²) in [6.45, 7) is 1.83. The van der Waals surface area contributed by atoms with Gasteiger partial charge in [-0.3, -0.25) is 19.1 Å². The number of hydrogen-bond donors (Lipinski definition) is 4. The van der Waals surface area contributed by atoms with Crippen LogP contribution < -0.4 is 11.3 Å². The lowest BCUT2D eigenvalue weighted by atomic mass is 9.62. The highest BCUT2D eigenvalue weighted by atomic mass is 16.7. The van der Waals surface area contributed by atoms with E-state index in [-0.39, 0.29) is 23.5 Å². The van der Waals surface area contributed by atoms with E-state index in [2.05, 4.69) is 15.0 Å². The predicted octanol–water partition coefficient (Wildman–Crippen LogP) is 2.89. The molecule has 0 bridgehead atoms. The Hall–Kier alpha value is -4.66. The van der Waals surface area contributed by atoms with Crippen LogP contribution in [0.3, 0.4) is 0 Å². The largest absolute Gasteiger partial charge is 0.455 e. The molecule has 1 fully saturated rings. The summed E-state index contributed by atoms with van der Waals surface area (Å²) in [5.41, 5.74) is 6.15. The van der Waals surface area contributed by atoms with Crippen molar-refractivity contribution in [1.29, 1.82) is 0 Å². The third-order valence-corrected chi connectivity index (χ3v) is 9.18. The number of nitrogen functional groups attached to an aromatic ring is 1. The molecule has 6 rings (SSSR count). The molecule has 0 amide bonds. The number of methoxy groups -OCH3 is 2. The number of anilines is 1. The summed E-state index contributed by atoms with van der Waals surface area (Å²) in [5.74, 6) is -1.73. The summed E-state index contributed by atoms with van der Waals surface area (Å²) in [4.78, 5) is 36.4. The van der Waals surface area contributed by atoms with Crippen LogP contribution in [0, 0.1) is 0 Å². The lowest BCUT2D eigenvalue weighted by molar-refractivity contribution is -0.168. The summed E-state index contributed by atoms with van der Waals surface area (Å²) in [7, 11) is 3.12. The molecule has 13 heteroatoms. The van der Waals surface area contributed by atoms with E-state index in [1.54, 1.807) is 20.3 Å². The van der Waals surface area contributed by atoms with Crippen LogP contribution in [0.2, 0.25) is 0 Å². The Morgan fingerprint density at radius 1 is 1.15 bits per heavy atom. The van der Waals surface area contributed by atoms with Crippen molar-refractivity contribution in [2.24, 2.45) is 0 Å². The Kier molecular flexibility index (Phi) is 9.32. The molecule has 48 heavy (non-hydrogen) atoms. The van der Waals surface area contributed by atoms with E-state index in [1.807, 2.05) is 79.7 Å². The Balaban J connectivity index is 1.52. The summed E-state index contributed by atoms with van der Waals surface area (Å²) in [5, 5.41) is 24.8. The molecule has 0 saturated carbocycles. The summed E-state index contributed by atoms with van der Waals surface area (Å²) in [6, 6.07) is 18.9. The molecule has 1 saturated heterocycles. The third-order valence-electron chi connectivity index (χ3n) is 9.18. The van der Waals surface area contributed by atoms with Gasteiger partial charge in [0.05, 0.1) is 11.7 Å². The number of H-pyrrole nitrogens is 1. The van der Waals surface area contributed by atoms with Crippen molar-refractivity contribution < 1.29 is 34.0 Å². The van der Waals surface area contributed by atoms with Crippen molar-refractivity contribution in [3.63, 3.8) is 0 Å². The van der Waals surface area contributed by atoms with Crippen LogP contribution in [0.4, 0.5) is 5.95 Å². The molecule has 1 aliphatic heterocycles. The van der Waals surface area contributed by atoms with Crippen LogP contribution in [-0.2, 0) is 29.2 Å². The molecule has 1 unspecified atom stereocenters. The fourth-order valence-electron chi connectivity index (χ4n) is 6.78. The van der Waals surface area contributed by atoms with Crippen molar-refractivity contribution in [2.45, 2.75) is 68.0 Å². The first-order chi connectivity index (χ1) is 23.2. The number of fused-ring (bicyclic) bond motifs is 1. The van der Waals surface area contributed by atoms with Gasteiger partial charge in [0.1, 0.15) is 18.3 Å². The SMILES string of the molecule is CCCC(=O)O[C@@H]1[C@H](O)[C@@H](C(O)C(C2=CCC(OC)(OC)C=C2)(c2ccccc2)c2ccccc2)O[C@H]1n1cnc2c(=O)[nH]c(N)nc21. The molecule has 5 atom stereocenters. The second-order valence-corrected chi connectivity index (χ2v) is 11.9. The van der Waals surface area contributed by atoms with E-state index in [0.717, 1.165) is 11.1 Å². The number of carbonyl (C=O) groups is 1. The fourth-order valence-corrected chi connectivity index (χ4v) is 6.78. The fraction of sp³-hybridized carbons (Fsp3) is 0.371. The molecule has 4 aromatic rings. The third kappa shape index (κ3) is 5.63. The van der Waals surface area contributed by atoms with E-state index in [4.69, 9.17) is 24.7 Å². The van der Waals surface area contributed by atoms with Gasteiger partial charge >= 0.3 is 5.97 Å². The second-order valence-electron chi connectivity index (χ2n) is 11.9. The number of nitrogens with one attached hydrogen (secondary N) is 1. The Bertz CT molecular complexity index is 1830. The zero-order valence-corrected chi connectivity index (χ0v) is 26.9. The number of esters is 1. The van der Waals surface area contributed by atoms with Gasteiger partial charge in [0.25, 0.3) is 5.56 Å². The smallest absolute Gasteiger partial charge is 0.306 e. The molecule has 2 aromatic carbocycles. The van der Waals surface area contributed by atoms with Crippen molar-refractivity contribution in [3.8, 4) is 0 Å². The van der Waals surface area contributed by atoms with E-state index in [1.165, 1.54) is 10.9 Å². The van der Waals surface area contributed by atoms with E-state index < -0.39 is 53.4 Å². The van der Waals surface area contributed by atoms with E-state index in [0.29, 0.717) is 18.4 Å². The van der Waals surface area contributed by atoms with Gasteiger partial charge in [-0.05, 0) is 29.2 Å². The maximum atomic E-state index is 12.9. The molecule has 3 heterocycles. The van der Waals surface area contributed by atoms with Gasteiger partial charge in [-0.25, -0.2) is 4.98 Å². The number of nitrogens with zero attached hydrogens (tertiary/aromatic N) is 3. The topological polar surface area (TPSA) is 184 Å². The minimum atomic E-state index is -1.53. The van der Waals surface area contributed by atoms with Gasteiger partial charge < -0.3 is 34.9 Å². The Labute approximate surface area is 276 Å². The summed E-state index contributed by atoms with van der Waals surface area (Å²) in [6.07, 6.45) is 0.953. The van der Waals surface area contributed by atoms with Crippen molar-refractivity contribution in [2.75, 3.05) is 20.0 Å². The molecule has 2 aliphatic rings. The number of aromatic amines is 1. The molecule has 2 aromatic heterocycles. The van der Waals surface area contributed by atoms with Gasteiger partial charge in [-0.15, -0.1) is 0 Å². The van der Waals surface area contributed by atoms with Crippen LogP contribution in [0.25, 0.3) is 11.2 Å². The normalized spacial score (nSPS) is 22.8. The number of imidazole rings is 1. The van der Waals surface area contributed by atoms with E-state index >= 15 is 0 Å². The number of allylic oxidation sites excluding steroid dienone is 1. The number of ether oxygens (including phenoxy) is 4. The average molecular weight is 658 g/mol. The number of aliphatic hydroxyl groups is 2. The highest BCUT2D eigenvalue weighted by molar-refractivity contribution is 5.71. The maximum Gasteiger partial charge on any atom is 0.306 e. The number of benzene rings is 2. The Morgan fingerprint density at radius 3 is 2.35 bits per heavy atom. The van der Waals surface area contributed by atoms with E-state index in [9.17, 15) is 19.8 Å². The monoisotopic (exact) mass is 657 g/mol. The highest BCUT2D eigenvalue weighted by Gasteiger charge is 2.57. The Morgan fingerprint density at radius 2 is 1.79 bits per heavy atom. The molecule has 5 N–H and O–H groups in total. The molecule has 252 valence electrons. The molecule has 1 aliphatic carbocycles. The zero-order chi connectivity index (χ0) is 34.1. The standard InChI is InChI=1S/C35H39N5O8/c1-4-11-24(41)47-28-26(42)27(48-32(28)40-20-37-25-30(40)38-33(36)39-31(25)44)29(43)35(21-12-7-5-8-13-21,22-14-9-6-10-15-22)23-16-18-34(45-2,46-3)19-17-23/h5-10,12-18,20,26-29,32,42-43H,4,11,19H2,1-3H3,(H3,36,38,39,44)/t26-,27+,28-,29?,32-/m1/s1. The zero-order valence-electron chi connectivity index (χ0n) is 26.9. The van der Waals surface area contributed by atoms with Crippen molar-refractivity contribution in [3.05, 3.63) is 112 Å². The number of rotatable bonds is 11. The molecule has 0 spiro atoms. The van der Waals surface area contributed by atoms with Gasteiger partial charge in [0.15, 0.2) is 29.3 Å². The second kappa shape index (κ2) is 13.5. The molecular formula is C35H39N5O8. The van der Waals surface area contributed by atoms with Crippen molar-refractivity contribution in [1.82, 2.24) is 19.5 Å². The van der Waals surface area contributed by atoms with Crippen LogP contribution in [0.1, 0.15) is 43.5 Å². The first-order valence-corrected chi connectivity index (χ1v) is 15.7. The van der Waals surface area contributed by atoms with Crippen LogP contribution >= 0.6 is 0 Å². The van der Waals surface area contributed by atoms with Gasteiger partial charge in [0, 0.05) is 27.1 Å². The van der Waals surface area contributed by atoms with Crippen LogP contribution in [-0.4, -0.2) is 80.1 Å². The molecule has 0 radical (unpaired) electrons. The quantitative estimate of drug-likeness (QED) is 0.137. The van der Waals surface area contributed by atoms with Crippen LogP contribution in [0.5, 0.6) is 0 Å². The highest BCUT2D eigenvalue weighted by Crippen LogP contribution is 2.49. The van der Waals surface area contributed by atoms with Gasteiger partial charge in [-0.1, -0.05) is 79.7 Å². The predicted molar refractivity (Wildman–Crippen MR) is 176 cm³/mol. The minimum Gasteiger partial charge on any atom is -0.455 e. The maximum absolute atomic E-state index is 12.9. The number of hydrogen-bond acceptors (Lipinski definition) is 11. The van der Waals surface area contributed by atoms with Gasteiger partial charge in [-0.2, -0.15) is 4.98 Å². The number of aromatic nitrogens is 4. The number of aliphatic hydroxyl groups excluding tert-OH is 2. The number of nitrogens with two attached hydrogens (primary N) is 1. The molecule has 13 nitrogen and oxygen atoms in total. The lowest BCUT2D eigenvalue weighted by Crippen LogP contribution is -2.53. The average Bonchev–Trinajstić information content (AvgIpc) is 3.67. The summed E-state index contributed by atoms with van der Waals surface area (Å²) < 4.78 is 25.1.